The molecule has 44 heavy (non-hydrogen) atoms. The van der Waals surface area contributed by atoms with Crippen molar-refractivity contribution in [2.75, 3.05) is 32.9 Å². The predicted molar refractivity (Wildman–Crippen MR) is 165 cm³/mol. The van der Waals surface area contributed by atoms with Crippen LogP contribution in [0.2, 0.25) is 0 Å². The summed E-state index contributed by atoms with van der Waals surface area (Å²) in [6, 6.07) is 0.200. The van der Waals surface area contributed by atoms with Crippen LogP contribution in [0.4, 0.5) is 4.79 Å². The molecule has 0 spiro atoms. The molecule has 3 saturated carbocycles. The molecule has 0 aromatic carbocycles. The molecule has 248 valence electrons. The molecule has 4 fully saturated rings. The van der Waals surface area contributed by atoms with Crippen molar-refractivity contribution in [1.29, 1.82) is 0 Å². The average Bonchev–Trinajstić information content (AvgIpc) is 2.95. The summed E-state index contributed by atoms with van der Waals surface area (Å²) in [6.45, 7) is 16.1. The topological polar surface area (TPSA) is 123 Å². The summed E-state index contributed by atoms with van der Waals surface area (Å²) in [5, 5.41) is 20.2. The van der Waals surface area contributed by atoms with E-state index in [1.165, 1.54) is 0 Å². The highest BCUT2D eigenvalue weighted by atomic mass is 16.7. The summed E-state index contributed by atoms with van der Waals surface area (Å²) in [5.74, 6) is -1.05. The van der Waals surface area contributed by atoms with E-state index >= 15 is 0 Å². The van der Waals surface area contributed by atoms with Gasteiger partial charge in [0, 0.05) is 23.3 Å². The van der Waals surface area contributed by atoms with Gasteiger partial charge in [0.1, 0.15) is 6.10 Å². The SMILES string of the molecule is CCN(CC)C(CO[C@@H]1C2COC[C@@]3(C[C@H]1OC(=O)O)C1=CC(=O)C4C(CCC(CC(C)C)[C@H]4C(=O)O)C1CCC23)C(C)C. The molecule has 5 aliphatic rings. The number of carbonyl (C=O) groups excluding carboxylic acids is 1. The van der Waals surface area contributed by atoms with E-state index in [1.54, 1.807) is 6.08 Å². The highest BCUT2D eigenvalue weighted by Crippen LogP contribution is 2.64. The van der Waals surface area contributed by atoms with Crippen LogP contribution in [0.3, 0.4) is 0 Å². The molecule has 1 heterocycles. The molecule has 1 saturated heterocycles. The zero-order valence-corrected chi connectivity index (χ0v) is 27.6. The lowest BCUT2D eigenvalue weighted by Gasteiger charge is -2.62. The number of rotatable bonds is 11. The number of ether oxygens (including phenoxy) is 3. The van der Waals surface area contributed by atoms with Crippen molar-refractivity contribution in [3.8, 4) is 0 Å². The van der Waals surface area contributed by atoms with Gasteiger partial charge in [-0.2, -0.15) is 0 Å². The van der Waals surface area contributed by atoms with Crippen LogP contribution in [0, 0.1) is 58.7 Å². The van der Waals surface area contributed by atoms with E-state index in [1.807, 2.05) is 0 Å². The second kappa shape index (κ2) is 13.4. The fourth-order valence-electron chi connectivity index (χ4n) is 10.5. The van der Waals surface area contributed by atoms with Gasteiger partial charge in [-0.3, -0.25) is 14.5 Å². The lowest BCUT2D eigenvalue weighted by molar-refractivity contribution is -0.221. The quantitative estimate of drug-likeness (QED) is 0.279. The van der Waals surface area contributed by atoms with Gasteiger partial charge >= 0.3 is 12.1 Å². The molecule has 4 aliphatic carbocycles. The molecular formula is C35H55NO8. The third kappa shape index (κ3) is 5.97. The van der Waals surface area contributed by atoms with Crippen molar-refractivity contribution >= 4 is 17.9 Å². The average molecular weight is 618 g/mol. The maximum Gasteiger partial charge on any atom is 0.506 e. The first-order chi connectivity index (χ1) is 20.9. The number of nitrogens with zero attached hydrogens (tertiary/aromatic N) is 1. The highest BCUT2D eigenvalue weighted by Gasteiger charge is 2.64. The minimum Gasteiger partial charge on any atom is -0.481 e. The van der Waals surface area contributed by atoms with Gasteiger partial charge in [-0.25, -0.2) is 4.79 Å². The number of ketones is 1. The van der Waals surface area contributed by atoms with Crippen LogP contribution in [-0.2, 0) is 23.8 Å². The number of carboxylic acids is 1. The Morgan fingerprint density at radius 3 is 2.41 bits per heavy atom. The Balaban J connectivity index is 1.46. The van der Waals surface area contributed by atoms with Gasteiger partial charge < -0.3 is 24.4 Å². The van der Waals surface area contributed by atoms with Crippen LogP contribution in [0.5, 0.6) is 0 Å². The zero-order valence-electron chi connectivity index (χ0n) is 27.6. The van der Waals surface area contributed by atoms with Crippen molar-refractivity contribution in [3.63, 3.8) is 0 Å². The summed E-state index contributed by atoms with van der Waals surface area (Å²) in [6.07, 6.45) is 4.16. The molecule has 0 aromatic rings. The van der Waals surface area contributed by atoms with Crippen LogP contribution in [0.1, 0.15) is 80.1 Å². The van der Waals surface area contributed by atoms with Crippen molar-refractivity contribution < 1.29 is 38.8 Å². The number of fused-ring (bicyclic) bond motifs is 3. The molecule has 5 rings (SSSR count). The monoisotopic (exact) mass is 617 g/mol. The molecule has 7 unspecified atom stereocenters. The summed E-state index contributed by atoms with van der Waals surface area (Å²) in [5.41, 5.74) is 0.563. The maximum absolute atomic E-state index is 14.0. The largest absolute Gasteiger partial charge is 0.506 e. The van der Waals surface area contributed by atoms with E-state index in [9.17, 15) is 24.6 Å². The Hall–Kier alpha value is -1.97. The second-order valence-electron chi connectivity index (χ2n) is 15.1. The molecule has 9 nitrogen and oxygen atoms in total. The number of carboxylic acid groups (broad SMARTS) is 2. The lowest BCUT2D eigenvalue weighted by Crippen LogP contribution is -2.64. The Bertz CT molecular complexity index is 1100. The first kappa shape index (κ1) is 33.4. The van der Waals surface area contributed by atoms with Gasteiger partial charge in [-0.1, -0.05) is 47.1 Å². The van der Waals surface area contributed by atoms with Gasteiger partial charge in [0.25, 0.3) is 0 Å². The number of allylic oxidation sites excluding steroid dienone is 1. The van der Waals surface area contributed by atoms with Crippen molar-refractivity contribution in [2.45, 2.75) is 98.3 Å². The molecule has 9 heteroatoms. The summed E-state index contributed by atoms with van der Waals surface area (Å²) < 4.78 is 18.7. The normalized spacial score (nSPS) is 38.9. The Kier molecular flexibility index (Phi) is 10.2. The summed E-state index contributed by atoms with van der Waals surface area (Å²) in [7, 11) is 0. The fraction of sp³-hybridized carbons (Fsp3) is 0.857. The molecular weight excluding hydrogens is 562 g/mol. The van der Waals surface area contributed by atoms with Gasteiger partial charge in [0.2, 0.25) is 0 Å². The van der Waals surface area contributed by atoms with E-state index in [2.05, 4.69) is 46.4 Å². The number of aliphatic carboxylic acids is 1. The van der Waals surface area contributed by atoms with Crippen molar-refractivity contribution in [1.82, 2.24) is 4.90 Å². The standard InChI is InChI=1S/C35H55NO8/c1-7-36(8-2)27(20(5)6)17-43-32-24-16-42-18-35(15-29(32)44-34(40)41)25(24)12-11-22-23-10-9-21(13-19(3)4)30(33(38)39)31(23)28(37)14-26(22)35/h14,19-25,27,29-32H,7-13,15-18H2,1-6H3,(H,38,39)(H,40,41)/t21?,22?,23?,24?,25?,27?,29-,30-,31?,32-,35-/m1/s1. The second-order valence-corrected chi connectivity index (χ2v) is 15.1. The Morgan fingerprint density at radius 1 is 1.07 bits per heavy atom. The minimum absolute atomic E-state index is 0.00333. The van der Waals surface area contributed by atoms with E-state index in [4.69, 9.17) is 14.2 Å². The highest BCUT2D eigenvalue weighted by molar-refractivity contribution is 5.97. The van der Waals surface area contributed by atoms with Crippen molar-refractivity contribution in [3.05, 3.63) is 11.6 Å². The molecule has 2 N–H and O–H groups in total. The van der Waals surface area contributed by atoms with E-state index in [-0.39, 0.29) is 41.4 Å². The summed E-state index contributed by atoms with van der Waals surface area (Å²) >= 11 is 0. The predicted octanol–water partition coefficient (Wildman–Crippen LogP) is 5.76. The fourth-order valence-corrected chi connectivity index (χ4v) is 10.5. The Labute approximate surface area is 263 Å². The number of hydrogen-bond acceptors (Lipinski definition) is 7. The van der Waals surface area contributed by atoms with Gasteiger partial charge in [0.15, 0.2) is 5.78 Å². The first-order valence-electron chi connectivity index (χ1n) is 17.2. The van der Waals surface area contributed by atoms with Crippen molar-refractivity contribution in [2.24, 2.45) is 58.7 Å². The van der Waals surface area contributed by atoms with Crippen LogP contribution in [0.15, 0.2) is 11.6 Å². The van der Waals surface area contributed by atoms with Crippen LogP contribution < -0.4 is 0 Å². The van der Waals surface area contributed by atoms with E-state index in [0.29, 0.717) is 38.1 Å². The third-order valence-electron chi connectivity index (χ3n) is 12.2. The first-order valence-corrected chi connectivity index (χ1v) is 17.2. The summed E-state index contributed by atoms with van der Waals surface area (Å²) in [4.78, 5) is 41.1. The molecule has 0 radical (unpaired) electrons. The van der Waals surface area contributed by atoms with Crippen LogP contribution in [0.25, 0.3) is 0 Å². The van der Waals surface area contributed by atoms with E-state index in [0.717, 1.165) is 50.8 Å². The maximum atomic E-state index is 14.0. The van der Waals surface area contributed by atoms with Gasteiger partial charge in [-0.15, -0.1) is 0 Å². The minimum atomic E-state index is -1.31. The number of hydrogen-bond donors (Lipinski definition) is 2. The lowest BCUT2D eigenvalue weighted by atomic mass is 9.45. The van der Waals surface area contributed by atoms with Gasteiger partial charge in [0.05, 0.1) is 31.8 Å². The molecule has 2 bridgehead atoms. The smallest absolute Gasteiger partial charge is 0.481 e. The number of carbonyl (C=O) groups is 3. The molecule has 11 atom stereocenters. The molecule has 0 aromatic heterocycles. The van der Waals surface area contributed by atoms with Crippen LogP contribution in [-0.4, -0.2) is 84.2 Å². The molecule has 1 aliphatic heterocycles. The number of likely N-dealkylation sites (N-methyl/N-ethyl adjacent to an activating group) is 1. The van der Waals surface area contributed by atoms with Crippen LogP contribution >= 0.6 is 0 Å². The zero-order chi connectivity index (χ0) is 31.9. The van der Waals surface area contributed by atoms with Gasteiger partial charge in [-0.05, 0) is 93.2 Å². The third-order valence-corrected chi connectivity index (χ3v) is 12.2. The van der Waals surface area contributed by atoms with E-state index < -0.39 is 41.6 Å². The Morgan fingerprint density at radius 2 is 1.80 bits per heavy atom. The molecule has 0 amide bonds.